The SMILES string of the molecule is CCC(c1ccc(Cl)cc1)N1CCC(NCC2CC2)CC1. The van der Waals surface area contributed by atoms with Crippen LogP contribution in [0.5, 0.6) is 0 Å². The zero-order valence-electron chi connectivity index (χ0n) is 13.0. The molecule has 1 atom stereocenters. The van der Waals surface area contributed by atoms with Gasteiger partial charge in [-0.3, -0.25) is 4.90 Å². The van der Waals surface area contributed by atoms with E-state index in [9.17, 15) is 0 Å². The standard InChI is InChI=1S/C18H27ClN2/c1-2-18(15-5-7-16(19)8-6-15)21-11-9-17(10-12-21)20-13-14-3-4-14/h5-8,14,17-18,20H,2-4,9-13H2,1H3. The molecule has 1 N–H and O–H groups in total. The van der Waals surface area contributed by atoms with Crippen LogP contribution in [0.15, 0.2) is 24.3 Å². The average Bonchev–Trinajstić information content (AvgIpc) is 3.33. The largest absolute Gasteiger partial charge is 0.314 e. The number of hydrogen-bond acceptors (Lipinski definition) is 2. The normalized spacial score (nSPS) is 22.4. The Morgan fingerprint density at radius 2 is 1.81 bits per heavy atom. The Balaban J connectivity index is 1.52. The molecule has 1 saturated carbocycles. The van der Waals surface area contributed by atoms with Crippen LogP contribution in [0.2, 0.25) is 5.02 Å². The molecule has 21 heavy (non-hydrogen) atoms. The summed E-state index contributed by atoms with van der Waals surface area (Å²) >= 11 is 6.01. The molecule has 0 spiro atoms. The molecule has 116 valence electrons. The van der Waals surface area contributed by atoms with Crippen molar-refractivity contribution in [3.8, 4) is 0 Å². The van der Waals surface area contributed by atoms with E-state index in [-0.39, 0.29) is 0 Å². The molecule has 0 radical (unpaired) electrons. The number of hydrogen-bond donors (Lipinski definition) is 1. The van der Waals surface area contributed by atoms with Gasteiger partial charge >= 0.3 is 0 Å². The predicted molar refractivity (Wildman–Crippen MR) is 89.8 cm³/mol. The van der Waals surface area contributed by atoms with E-state index in [1.54, 1.807) is 0 Å². The van der Waals surface area contributed by atoms with Gasteiger partial charge in [-0.2, -0.15) is 0 Å². The van der Waals surface area contributed by atoms with E-state index in [2.05, 4.69) is 29.3 Å². The van der Waals surface area contributed by atoms with Crippen LogP contribution in [0.4, 0.5) is 0 Å². The number of nitrogens with zero attached hydrogens (tertiary/aromatic N) is 1. The highest BCUT2D eigenvalue weighted by Gasteiger charge is 2.27. The minimum Gasteiger partial charge on any atom is -0.314 e. The number of piperidine rings is 1. The van der Waals surface area contributed by atoms with Crippen molar-refractivity contribution in [2.75, 3.05) is 19.6 Å². The summed E-state index contributed by atoms with van der Waals surface area (Å²) in [5.41, 5.74) is 1.41. The van der Waals surface area contributed by atoms with Crippen LogP contribution in [-0.4, -0.2) is 30.6 Å². The molecule has 2 aliphatic rings. The van der Waals surface area contributed by atoms with Gasteiger partial charge in [-0.05, 0) is 62.3 Å². The first kappa shape index (κ1) is 15.3. The highest BCUT2D eigenvalue weighted by Crippen LogP contribution is 2.30. The van der Waals surface area contributed by atoms with Gasteiger partial charge in [-0.15, -0.1) is 0 Å². The quantitative estimate of drug-likeness (QED) is 0.845. The molecule has 1 aliphatic carbocycles. The minimum atomic E-state index is 0.548. The van der Waals surface area contributed by atoms with Gasteiger partial charge in [-0.1, -0.05) is 30.7 Å². The van der Waals surface area contributed by atoms with Gasteiger partial charge in [0.15, 0.2) is 0 Å². The second-order valence-electron chi connectivity index (χ2n) is 6.64. The van der Waals surface area contributed by atoms with Gasteiger partial charge < -0.3 is 5.32 Å². The summed E-state index contributed by atoms with van der Waals surface area (Å²) < 4.78 is 0. The highest BCUT2D eigenvalue weighted by atomic mass is 35.5. The van der Waals surface area contributed by atoms with Crippen molar-refractivity contribution in [3.63, 3.8) is 0 Å². The second-order valence-corrected chi connectivity index (χ2v) is 7.07. The number of halogens is 1. The fourth-order valence-electron chi connectivity index (χ4n) is 3.46. The van der Waals surface area contributed by atoms with E-state index in [0.29, 0.717) is 6.04 Å². The molecule has 2 fully saturated rings. The first-order valence-corrected chi connectivity index (χ1v) is 8.87. The average molecular weight is 307 g/mol. The van der Waals surface area contributed by atoms with Crippen molar-refractivity contribution in [2.45, 2.75) is 51.1 Å². The summed E-state index contributed by atoms with van der Waals surface area (Å²) in [6, 6.07) is 9.70. The molecule has 1 saturated heterocycles. The summed E-state index contributed by atoms with van der Waals surface area (Å²) in [6.07, 6.45) is 6.63. The molecule has 3 rings (SSSR count). The molecule has 1 aliphatic heterocycles. The Kier molecular flexibility index (Phi) is 5.20. The lowest BCUT2D eigenvalue weighted by atomic mass is 9.97. The maximum atomic E-state index is 6.01. The second kappa shape index (κ2) is 7.13. The number of rotatable bonds is 6. The summed E-state index contributed by atoms with van der Waals surface area (Å²) in [5, 5.41) is 4.59. The maximum Gasteiger partial charge on any atom is 0.0406 e. The molecule has 0 amide bonds. The summed E-state index contributed by atoms with van der Waals surface area (Å²) in [6.45, 7) is 5.96. The van der Waals surface area contributed by atoms with Gasteiger partial charge in [-0.25, -0.2) is 0 Å². The number of benzene rings is 1. The number of likely N-dealkylation sites (tertiary alicyclic amines) is 1. The lowest BCUT2D eigenvalue weighted by molar-refractivity contribution is 0.139. The smallest absolute Gasteiger partial charge is 0.0406 e. The molecule has 0 aromatic heterocycles. The van der Waals surface area contributed by atoms with Gasteiger partial charge in [0.2, 0.25) is 0 Å². The van der Waals surface area contributed by atoms with Crippen LogP contribution in [0.3, 0.4) is 0 Å². The van der Waals surface area contributed by atoms with Crippen molar-refractivity contribution in [1.82, 2.24) is 10.2 Å². The van der Waals surface area contributed by atoms with Gasteiger partial charge in [0.05, 0.1) is 0 Å². The first-order valence-electron chi connectivity index (χ1n) is 8.49. The molecule has 3 heteroatoms. The van der Waals surface area contributed by atoms with Gasteiger partial charge in [0.1, 0.15) is 0 Å². The molecule has 1 aromatic carbocycles. The van der Waals surface area contributed by atoms with Crippen LogP contribution >= 0.6 is 11.6 Å². The molecular weight excluding hydrogens is 280 g/mol. The Hall–Kier alpha value is -0.570. The van der Waals surface area contributed by atoms with Crippen LogP contribution in [0.25, 0.3) is 0 Å². The third-order valence-electron chi connectivity index (χ3n) is 5.00. The van der Waals surface area contributed by atoms with Crippen LogP contribution < -0.4 is 5.32 Å². The summed E-state index contributed by atoms with van der Waals surface area (Å²) in [7, 11) is 0. The Labute approximate surface area is 133 Å². The fourth-order valence-corrected chi connectivity index (χ4v) is 3.59. The fraction of sp³-hybridized carbons (Fsp3) is 0.667. The maximum absolute atomic E-state index is 6.01. The monoisotopic (exact) mass is 306 g/mol. The molecule has 0 bridgehead atoms. The Morgan fingerprint density at radius 3 is 2.38 bits per heavy atom. The Morgan fingerprint density at radius 1 is 1.14 bits per heavy atom. The van der Waals surface area contributed by atoms with E-state index >= 15 is 0 Å². The first-order chi connectivity index (χ1) is 10.3. The molecule has 1 heterocycles. The van der Waals surface area contributed by atoms with Crippen molar-refractivity contribution >= 4 is 11.6 Å². The van der Waals surface area contributed by atoms with Crippen molar-refractivity contribution in [2.24, 2.45) is 5.92 Å². The van der Waals surface area contributed by atoms with Gasteiger partial charge in [0.25, 0.3) is 0 Å². The van der Waals surface area contributed by atoms with Crippen LogP contribution in [-0.2, 0) is 0 Å². The van der Waals surface area contributed by atoms with E-state index in [1.165, 1.54) is 57.3 Å². The third-order valence-corrected chi connectivity index (χ3v) is 5.26. The third kappa shape index (κ3) is 4.21. The van der Waals surface area contributed by atoms with Gasteiger partial charge in [0, 0.05) is 30.2 Å². The summed E-state index contributed by atoms with van der Waals surface area (Å²) in [4.78, 5) is 2.65. The van der Waals surface area contributed by atoms with E-state index in [0.717, 1.165) is 17.0 Å². The van der Waals surface area contributed by atoms with Crippen molar-refractivity contribution in [1.29, 1.82) is 0 Å². The van der Waals surface area contributed by atoms with Crippen molar-refractivity contribution < 1.29 is 0 Å². The van der Waals surface area contributed by atoms with E-state index in [1.807, 2.05) is 12.1 Å². The van der Waals surface area contributed by atoms with Crippen molar-refractivity contribution in [3.05, 3.63) is 34.9 Å². The zero-order valence-corrected chi connectivity index (χ0v) is 13.8. The lowest BCUT2D eigenvalue weighted by Crippen LogP contribution is -2.44. The van der Waals surface area contributed by atoms with Crippen LogP contribution in [0, 0.1) is 5.92 Å². The topological polar surface area (TPSA) is 15.3 Å². The molecule has 2 nitrogen and oxygen atoms in total. The molecule has 1 aromatic rings. The zero-order chi connectivity index (χ0) is 14.7. The van der Waals surface area contributed by atoms with E-state index < -0.39 is 0 Å². The van der Waals surface area contributed by atoms with E-state index in [4.69, 9.17) is 11.6 Å². The molecular formula is C18H27ClN2. The predicted octanol–water partition coefficient (Wildman–Crippen LogP) is 4.26. The Bertz CT molecular complexity index is 433. The molecule has 1 unspecified atom stereocenters. The lowest BCUT2D eigenvalue weighted by Gasteiger charge is -2.38. The summed E-state index contributed by atoms with van der Waals surface area (Å²) in [5.74, 6) is 0.987. The highest BCUT2D eigenvalue weighted by molar-refractivity contribution is 6.30. The van der Waals surface area contributed by atoms with Crippen LogP contribution in [0.1, 0.15) is 50.6 Å². The minimum absolute atomic E-state index is 0.548. The number of nitrogens with one attached hydrogen (secondary N) is 1.